The molecule has 2 rings (SSSR count). The lowest BCUT2D eigenvalue weighted by Crippen LogP contribution is -2.38. The molecule has 1 heterocycles. The molecule has 0 fully saturated rings. The Balaban J connectivity index is 2.19. The van der Waals surface area contributed by atoms with Crippen LogP contribution in [0.5, 0.6) is 0 Å². The lowest BCUT2D eigenvalue weighted by atomic mass is 9.88. The summed E-state index contributed by atoms with van der Waals surface area (Å²) in [6, 6.07) is 9.48. The van der Waals surface area contributed by atoms with E-state index in [4.69, 9.17) is 4.74 Å². The fourth-order valence-corrected chi connectivity index (χ4v) is 3.33. The fraction of sp³-hybridized carbons (Fsp3) is 0.478. The summed E-state index contributed by atoms with van der Waals surface area (Å²) in [5.74, 6) is -0.863. The zero-order valence-corrected chi connectivity index (χ0v) is 18.0. The largest absolute Gasteiger partial charge is 0.454 e. The van der Waals surface area contributed by atoms with Crippen LogP contribution in [-0.4, -0.2) is 46.2 Å². The van der Waals surface area contributed by atoms with Crippen LogP contribution >= 0.6 is 0 Å². The molecule has 0 saturated carbocycles. The summed E-state index contributed by atoms with van der Waals surface area (Å²) >= 11 is 0. The molecule has 0 saturated heterocycles. The Hall–Kier alpha value is -2.80. The van der Waals surface area contributed by atoms with Gasteiger partial charge in [0.25, 0.3) is 0 Å². The van der Waals surface area contributed by atoms with Gasteiger partial charge >= 0.3 is 5.97 Å². The van der Waals surface area contributed by atoms with Crippen LogP contribution in [0.3, 0.4) is 0 Å². The van der Waals surface area contributed by atoms with Crippen LogP contribution in [0.1, 0.15) is 48.4 Å². The van der Waals surface area contributed by atoms with E-state index >= 15 is 0 Å². The van der Waals surface area contributed by atoms with Gasteiger partial charge in [0.05, 0.1) is 18.0 Å². The van der Waals surface area contributed by atoms with E-state index in [9.17, 15) is 14.7 Å². The zero-order chi connectivity index (χ0) is 22.1. The van der Waals surface area contributed by atoms with Crippen LogP contribution in [0.2, 0.25) is 0 Å². The minimum absolute atomic E-state index is 0.0795. The van der Waals surface area contributed by atoms with E-state index in [-0.39, 0.29) is 29.9 Å². The molecule has 162 valence electrons. The van der Waals surface area contributed by atoms with Gasteiger partial charge in [0.1, 0.15) is 6.10 Å². The van der Waals surface area contributed by atoms with Crippen LogP contribution in [0.15, 0.2) is 42.7 Å². The molecule has 7 nitrogen and oxygen atoms in total. The quantitative estimate of drug-likeness (QED) is 0.581. The molecular formula is C23H31N3O4. The number of hydrogen-bond donors (Lipinski definition) is 2. The molecule has 7 heteroatoms. The van der Waals surface area contributed by atoms with Gasteiger partial charge in [0, 0.05) is 25.6 Å². The highest BCUT2D eigenvalue weighted by Crippen LogP contribution is 2.22. The number of benzene rings is 1. The van der Waals surface area contributed by atoms with E-state index in [0.717, 1.165) is 5.56 Å². The van der Waals surface area contributed by atoms with Gasteiger partial charge in [-0.05, 0) is 31.2 Å². The summed E-state index contributed by atoms with van der Waals surface area (Å²) in [6.45, 7) is 5.83. The van der Waals surface area contributed by atoms with Crippen molar-refractivity contribution in [3.05, 3.63) is 59.7 Å². The van der Waals surface area contributed by atoms with Crippen molar-refractivity contribution in [1.82, 2.24) is 15.3 Å². The summed E-state index contributed by atoms with van der Waals surface area (Å²) in [7, 11) is 1.58. The first-order valence-electron chi connectivity index (χ1n) is 10.2. The first-order chi connectivity index (χ1) is 14.3. The molecule has 30 heavy (non-hydrogen) atoms. The fourth-order valence-electron chi connectivity index (χ4n) is 3.33. The Bertz CT molecular complexity index is 809. The Labute approximate surface area is 177 Å². The number of carbonyl (C=O) groups is 2. The summed E-state index contributed by atoms with van der Waals surface area (Å²) in [5, 5.41) is 13.6. The molecule has 1 aromatic carbocycles. The first kappa shape index (κ1) is 23.5. The number of ether oxygens (including phenoxy) is 1. The third-order valence-corrected chi connectivity index (χ3v) is 4.86. The number of rotatable bonds is 10. The van der Waals surface area contributed by atoms with Crippen molar-refractivity contribution in [2.45, 2.75) is 52.2 Å². The van der Waals surface area contributed by atoms with Gasteiger partial charge in [-0.15, -0.1) is 0 Å². The maximum Gasteiger partial charge on any atom is 0.358 e. The van der Waals surface area contributed by atoms with E-state index < -0.39 is 18.2 Å². The standard InChI is InChI=1S/C23H31N3O4/c1-15(2)10-18(22(28)24-4)12-20(27)21(11-17-8-6-5-7-9-17)30-23(29)19-14-25-16(3)13-26-19/h5-9,13-15,18,20-21,27H,10-12H2,1-4H3,(H,24,28)/t18-,20+,21+/m1/s1. The molecule has 0 aliphatic rings. The number of hydrogen-bond acceptors (Lipinski definition) is 6. The van der Waals surface area contributed by atoms with E-state index in [1.54, 1.807) is 14.0 Å². The highest BCUT2D eigenvalue weighted by atomic mass is 16.6. The minimum Gasteiger partial charge on any atom is -0.454 e. The lowest BCUT2D eigenvalue weighted by molar-refractivity contribution is -0.126. The van der Waals surface area contributed by atoms with E-state index in [0.29, 0.717) is 18.5 Å². The number of nitrogens with one attached hydrogen (secondary N) is 1. The molecular weight excluding hydrogens is 382 g/mol. The average Bonchev–Trinajstić information content (AvgIpc) is 2.73. The van der Waals surface area contributed by atoms with Gasteiger partial charge in [-0.1, -0.05) is 44.2 Å². The number of aliphatic hydroxyl groups is 1. The number of nitrogens with zero attached hydrogens (tertiary/aromatic N) is 2. The Kier molecular flexibility index (Phi) is 8.92. The van der Waals surface area contributed by atoms with Gasteiger partial charge < -0.3 is 15.2 Å². The molecule has 1 amide bonds. The van der Waals surface area contributed by atoms with Crippen LogP contribution in [0.25, 0.3) is 0 Å². The maximum atomic E-state index is 12.6. The van der Waals surface area contributed by atoms with Gasteiger partial charge in [0.15, 0.2) is 5.69 Å². The smallest absolute Gasteiger partial charge is 0.358 e. The monoisotopic (exact) mass is 413 g/mol. The number of aliphatic hydroxyl groups excluding tert-OH is 1. The van der Waals surface area contributed by atoms with Crippen LogP contribution in [0, 0.1) is 18.8 Å². The second kappa shape index (κ2) is 11.4. The van der Waals surface area contributed by atoms with Crippen LogP contribution < -0.4 is 5.32 Å². The molecule has 2 aromatic rings. The number of esters is 1. The van der Waals surface area contributed by atoms with Crippen LogP contribution in [-0.2, 0) is 16.0 Å². The Morgan fingerprint density at radius 3 is 2.37 bits per heavy atom. The molecule has 1 aromatic heterocycles. The first-order valence-corrected chi connectivity index (χ1v) is 10.2. The van der Waals surface area contributed by atoms with Crippen molar-refractivity contribution >= 4 is 11.9 Å². The molecule has 0 unspecified atom stereocenters. The molecule has 3 atom stereocenters. The highest BCUT2D eigenvalue weighted by molar-refractivity contribution is 5.87. The Morgan fingerprint density at radius 1 is 1.10 bits per heavy atom. The van der Waals surface area contributed by atoms with Crippen LogP contribution in [0.4, 0.5) is 0 Å². The number of aromatic nitrogens is 2. The molecule has 0 radical (unpaired) electrons. The van der Waals surface area contributed by atoms with E-state index in [2.05, 4.69) is 15.3 Å². The predicted molar refractivity (Wildman–Crippen MR) is 114 cm³/mol. The summed E-state index contributed by atoms with van der Waals surface area (Å²) in [5.41, 5.74) is 1.69. The molecule has 0 bridgehead atoms. The van der Waals surface area contributed by atoms with Gasteiger partial charge in [-0.3, -0.25) is 9.78 Å². The van der Waals surface area contributed by atoms with E-state index in [1.807, 2.05) is 44.2 Å². The normalized spacial score (nSPS) is 14.1. The Morgan fingerprint density at radius 2 is 1.80 bits per heavy atom. The topological polar surface area (TPSA) is 101 Å². The average molecular weight is 414 g/mol. The minimum atomic E-state index is -1.01. The van der Waals surface area contributed by atoms with Crippen molar-refractivity contribution in [3.63, 3.8) is 0 Å². The highest BCUT2D eigenvalue weighted by Gasteiger charge is 2.30. The van der Waals surface area contributed by atoms with Crippen molar-refractivity contribution < 1.29 is 19.4 Å². The van der Waals surface area contributed by atoms with Crippen molar-refractivity contribution in [3.8, 4) is 0 Å². The van der Waals surface area contributed by atoms with Gasteiger partial charge in [-0.25, -0.2) is 9.78 Å². The zero-order valence-electron chi connectivity index (χ0n) is 18.0. The van der Waals surface area contributed by atoms with Crippen molar-refractivity contribution in [2.75, 3.05) is 7.05 Å². The summed E-state index contributed by atoms with van der Waals surface area (Å²) in [6.07, 6.45) is 2.18. The number of amides is 1. The summed E-state index contributed by atoms with van der Waals surface area (Å²) in [4.78, 5) is 33.0. The predicted octanol–water partition coefficient (Wildman–Crippen LogP) is 2.71. The second-order valence-electron chi connectivity index (χ2n) is 7.92. The lowest BCUT2D eigenvalue weighted by Gasteiger charge is -2.27. The molecule has 0 spiro atoms. The number of aryl methyl sites for hydroxylation is 1. The second-order valence-corrected chi connectivity index (χ2v) is 7.92. The van der Waals surface area contributed by atoms with Crippen molar-refractivity contribution in [2.24, 2.45) is 11.8 Å². The third-order valence-electron chi connectivity index (χ3n) is 4.86. The molecule has 0 aliphatic heterocycles. The third kappa shape index (κ3) is 7.22. The van der Waals surface area contributed by atoms with Gasteiger partial charge in [-0.2, -0.15) is 0 Å². The number of carbonyl (C=O) groups excluding carboxylic acids is 2. The van der Waals surface area contributed by atoms with Crippen molar-refractivity contribution in [1.29, 1.82) is 0 Å². The SMILES string of the molecule is CNC(=O)[C@H](CC(C)C)C[C@H](O)[C@H](Cc1ccccc1)OC(=O)c1cnc(C)cn1. The molecule has 0 aliphatic carbocycles. The summed E-state index contributed by atoms with van der Waals surface area (Å²) < 4.78 is 5.64. The van der Waals surface area contributed by atoms with Gasteiger partial charge in [0.2, 0.25) is 5.91 Å². The van der Waals surface area contributed by atoms with E-state index in [1.165, 1.54) is 12.4 Å². The maximum absolute atomic E-state index is 12.6. The molecule has 2 N–H and O–H groups in total.